The van der Waals surface area contributed by atoms with Crippen molar-refractivity contribution in [3.05, 3.63) is 42.5 Å². The van der Waals surface area contributed by atoms with Gasteiger partial charge in [0, 0.05) is 29.4 Å². The second-order valence-electron chi connectivity index (χ2n) is 8.15. The predicted octanol–water partition coefficient (Wildman–Crippen LogP) is 1.51. The summed E-state index contributed by atoms with van der Waals surface area (Å²) in [7, 11) is 3.91. The lowest BCUT2D eigenvalue weighted by molar-refractivity contribution is -0.129. The Bertz CT molecular complexity index is 946. The number of nitrogens with one attached hydrogen (secondary N) is 2. The van der Waals surface area contributed by atoms with Crippen molar-refractivity contribution in [1.82, 2.24) is 10.2 Å². The summed E-state index contributed by atoms with van der Waals surface area (Å²) in [6.45, 7) is 1.29. The minimum atomic E-state index is -0.972. The molecule has 8 heteroatoms. The first kappa shape index (κ1) is 21.1. The maximum Gasteiger partial charge on any atom is 0.224 e. The highest BCUT2D eigenvalue weighted by Gasteiger charge is 2.50. The van der Waals surface area contributed by atoms with Gasteiger partial charge in [0.1, 0.15) is 6.10 Å². The van der Waals surface area contributed by atoms with Gasteiger partial charge < -0.3 is 25.7 Å². The van der Waals surface area contributed by atoms with Crippen LogP contribution in [0.2, 0.25) is 0 Å². The Morgan fingerprint density at radius 1 is 1.20 bits per heavy atom. The van der Waals surface area contributed by atoms with Gasteiger partial charge in [-0.3, -0.25) is 9.79 Å². The first-order valence-corrected chi connectivity index (χ1v) is 11.1. The molecule has 0 spiro atoms. The highest BCUT2D eigenvalue weighted by atomic mass is 32.2. The predicted molar refractivity (Wildman–Crippen MR) is 122 cm³/mol. The molecule has 2 aromatic rings. The number of rotatable bonds is 5. The van der Waals surface area contributed by atoms with Crippen LogP contribution in [-0.2, 0) is 4.79 Å². The first-order valence-electron chi connectivity index (χ1n) is 10.2. The lowest BCUT2D eigenvalue weighted by Crippen LogP contribution is -2.54. The zero-order valence-corrected chi connectivity index (χ0v) is 18.0. The lowest BCUT2D eigenvalue weighted by Gasteiger charge is -2.37. The van der Waals surface area contributed by atoms with Crippen LogP contribution in [0.15, 0.2) is 47.5 Å². The molecule has 0 unspecified atom stereocenters. The molecule has 7 nitrogen and oxygen atoms in total. The minimum absolute atomic E-state index is 0.0908. The number of hydrogen-bond donors (Lipinski definition) is 4. The molecule has 0 aromatic heterocycles. The molecule has 4 rings (SSSR count). The van der Waals surface area contributed by atoms with Crippen LogP contribution in [0.1, 0.15) is 6.42 Å². The van der Waals surface area contributed by atoms with E-state index in [9.17, 15) is 15.0 Å². The lowest BCUT2D eigenvalue weighted by atomic mass is 9.81. The molecule has 2 aromatic carbocycles. The van der Waals surface area contributed by atoms with E-state index in [1.165, 1.54) is 11.8 Å². The normalized spacial score (nSPS) is 28.3. The molecule has 2 aliphatic rings. The number of benzene rings is 2. The molecule has 1 fully saturated rings. The van der Waals surface area contributed by atoms with Crippen LogP contribution in [0.4, 0.5) is 5.69 Å². The van der Waals surface area contributed by atoms with E-state index >= 15 is 0 Å². The van der Waals surface area contributed by atoms with Gasteiger partial charge >= 0.3 is 0 Å². The van der Waals surface area contributed by atoms with Gasteiger partial charge in [0.15, 0.2) is 5.17 Å². The number of thioether (sulfide) groups is 1. The van der Waals surface area contributed by atoms with E-state index in [2.05, 4.69) is 27.8 Å². The number of amides is 1. The van der Waals surface area contributed by atoms with Crippen LogP contribution in [-0.4, -0.2) is 76.9 Å². The topological polar surface area (TPSA) is 97.2 Å². The fourth-order valence-electron chi connectivity index (χ4n) is 4.09. The number of aliphatic hydroxyl groups is 2. The van der Waals surface area contributed by atoms with Gasteiger partial charge in [-0.1, -0.05) is 48.2 Å². The number of amidine groups is 1. The third-order valence-corrected chi connectivity index (χ3v) is 7.02. The summed E-state index contributed by atoms with van der Waals surface area (Å²) >= 11 is 1.48. The van der Waals surface area contributed by atoms with Crippen molar-refractivity contribution in [2.45, 2.75) is 29.9 Å². The van der Waals surface area contributed by atoms with Gasteiger partial charge in [-0.05, 0) is 32.0 Å². The summed E-state index contributed by atoms with van der Waals surface area (Å²) in [6, 6.07) is 13.6. The number of aliphatic hydroxyl groups excluding tert-OH is 2. The van der Waals surface area contributed by atoms with Crippen molar-refractivity contribution in [1.29, 1.82) is 0 Å². The van der Waals surface area contributed by atoms with Crippen LogP contribution in [0.5, 0.6) is 0 Å². The minimum Gasteiger partial charge on any atom is -0.390 e. The third kappa shape index (κ3) is 4.32. The zero-order chi connectivity index (χ0) is 21.3. The number of carbonyl (C=O) groups excluding carboxylic acids is 1. The highest BCUT2D eigenvalue weighted by molar-refractivity contribution is 8.15. The van der Waals surface area contributed by atoms with Crippen LogP contribution in [0.3, 0.4) is 0 Å². The van der Waals surface area contributed by atoms with Gasteiger partial charge in [0.05, 0.1) is 18.1 Å². The summed E-state index contributed by atoms with van der Waals surface area (Å²) < 4.78 is 0. The number of hydrogen-bond acceptors (Lipinski definition) is 7. The molecular weight excluding hydrogens is 400 g/mol. The Morgan fingerprint density at radius 2 is 1.97 bits per heavy atom. The van der Waals surface area contributed by atoms with Gasteiger partial charge in [0.2, 0.25) is 5.91 Å². The van der Waals surface area contributed by atoms with Crippen molar-refractivity contribution < 1.29 is 15.0 Å². The quantitative estimate of drug-likeness (QED) is 0.577. The van der Waals surface area contributed by atoms with Gasteiger partial charge in [0.25, 0.3) is 0 Å². The molecule has 30 heavy (non-hydrogen) atoms. The average Bonchev–Trinajstić information content (AvgIpc) is 3.14. The van der Waals surface area contributed by atoms with E-state index in [1.54, 1.807) is 0 Å². The Hall–Kier alpha value is -2.13. The molecule has 1 saturated carbocycles. The number of nitrogens with zero attached hydrogens (tertiary/aromatic N) is 2. The number of anilines is 1. The average molecular weight is 429 g/mol. The first-order chi connectivity index (χ1) is 14.4. The molecular formula is C22H28N4O3S. The largest absolute Gasteiger partial charge is 0.390 e. The van der Waals surface area contributed by atoms with E-state index in [4.69, 9.17) is 0 Å². The summed E-state index contributed by atoms with van der Waals surface area (Å²) in [5.74, 6) is -0.497. The molecule has 1 aliphatic carbocycles. The number of aliphatic imine (C=N–C) groups is 1. The molecule has 5 atom stereocenters. The molecule has 0 radical (unpaired) electrons. The van der Waals surface area contributed by atoms with Crippen LogP contribution in [0.25, 0.3) is 10.8 Å². The van der Waals surface area contributed by atoms with E-state index in [1.807, 2.05) is 49.3 Å². The number of likely N-dealkylation sites (N-methyl/N-ethyl adjacent to an activating group) is 1. The Labute approximate surface area is 180 Å². The van der Waals surface area contributed by atoms with Gasteiger partial charge in [-0.15, -0.1) is 0 Å². The van der Waals surface area contributed by atoms with Crippen LogP contribution in [0, 0.1) is 5.92 Å². The van der Waals surface area contributed by atoms with E-state index in [0.717, 1.165) is 23.0 Å². The Balaban J connectivity index is 1.51. The smallest absolute Gasteiger partial charge is 0.224 e. The van der Waals surface area contributed by atoms with Crippen molar-refractivity contribution in [2.75, 3.05) is 32.5 Å². The summed E-state index contributed by atoms with van der Waals surface area (Å²) in [6.07, 6.45) is -1.70. The summed E-state index contributed by atoms with van der Waals surface area (Å²) in [5, 5.41) is 29.9. The fourth-order valence-corrected chi connectivity index (χ4v) is 5.46. The maximum absolute atomic E-state index is 12.8. The second kappa shape index (κ2) is 8.93. The fraction of sp³-hybridized carbons (Fsp3) is 0.455. The van der Waals surface area contributed by atoms with Gasteiger partial charge in [-0.25, -0.2) is 0 Å². The third-order valence-electron chi connectivity index (χ3n) is 5.71. The SMILES string of the molecule is CN(C)CCNC(=O)[C@@H]1C[C@@H](O)[C@H](O)[C@H]2N=C(Nc3cccc4ccccc34)S[C@@H]21. The van der Waals surface area contributed by atoms with Crippen molar-refractivity contribution >= 4 is 39.3 Å². The maximum atomic E-state index is 12.8. The Kier molecular flexibility index (Phi) is 6.29. The van der Waals surface area contributed by atoms with Crippen LogP contribution >= 0.6 is 11.8 Å². The number of fused-ring (bicyclic) bond motifs is 2. The Morgan fingerprint density at radius 3 is 2.77 bits per heavy atom. The molecule has 1 amide bonds. The summed E-state index contributed by atoms with van der Waals surface area (Å²) in [4.78, 5) is 19.5. The molecule has 160 valence electrons. The standard InChI is InChI=1S/C22H28N4O3S/c1-26(2)11-10-23-21(29)15-12-17(27)19(28)18-20(15)30-22(25-18)24-16-9-5-7-13-6-3-4-8-14(13)16/h3-9,15,17-20,27-28H,10-12H2,1-2H3,(H,23,29)(H,24,25)/t15-,17-,18-,19+,20-/m1/s1. The van der Waals surface area contributed by atoms with Crippen molar-refractivity contribution in [3.63, 3.8) is 0 Å². The van der Waals surface area contributed by atoms with Crippen molar-refractivity contribution in [2.24, 2.45) is 10.9 Å². The van der Waals surface area contributed by atoms with E-state index < -0.39 is 24.2 Å². The second-order valence-corrected chi connectivity index (χ2v) is 9.32. The summed E-state index contributed by atoms with van der Waals surface area (Å²) in [5.41, 5.74) is 0.931. The number of carbonyl (C=O) groups is 1. The van der Waals surface area contributed by atoms with E-state index in [0.29, 0.717) is 11.7 Å². The van der Waals surface area contributed by atoms with Crippen LogP contribution < -0.4 is 10.6 Å². The highest BCUT2D eigenvalue weighted by Crippen LogP contribution is 2.41. The van der Waals surface area contributed by atoms with E-state index in [-0.39, 0.29) is 17.6 Å². The molecule has 1 aliphatic heterocycles. The molecule has 1 heterocycles. The van der Waals surface area contributed by atoms with Gasteiger partial charge in [-0.2, -0.15) is 0 Å². The van der Waals surface area contributed by atoms with Crippen molar-refractivity contribution in [3.8, 4) is 0 Å². The monoisotopic (exact) mass is 428 g/mol. The zero-order valence-electron chi connectivity index (χ0n) is 17.2. The molecule has 4 N–H and O–H groups in total. The molecule has 0 saturated heterocycles. The molecule has 0 bridgehead atoms.